The average molecular weight is 302 g/mol. The maximum absolute atomic E-state index is 13.8. The molecule has 1 saturated carbocycles. The third-order valence-corrected chi connectivity index (χ3v) is 4.33. The predicted octanol–water partition coefficient (Wildman–Crippen LogP) is 3.63. The minimum Gasteiger partial charge on any atom is -0.496 e. The van der Waals surface area contributed by atoms with Crippen molar-refractivity contribution in [3.8, 4) is 5.75 Å². The van der Waals surface area contributed by atoms with Gasteiger partial charge in [0, 0.05) is 11.1 Å². The highest BCUT2D eigenvalue weighted by Gasteiger charge is 2.37. The van der Waals surface area contributed by atoms with E-state index in [1.54, 1.807) is 7.11 Å². The summed E-state index contributed by atoms with van der Waals surface area (Å²) in [5.41, 5.74) is 7.54. The topological polar surface area (TPSA) is 35.2 Å². The Labute approximate surface area is 109 Å². The SMILES string of the molecule is COc1c(C)cc(F)c(Br)c1C1(N)CCCC1. The maximum Gasteiger partial charge on any atom is 0.138 e. The number of rotatable bonds is 2. The van der Waals surface area contributed by atoms with Gasteiger partial charge in [-0.25, -0.2) is 4.39 Å². The lowest BCUT2D eigenvalue weighted by Crippen LogP contribution is -2.34. The Kier molecular flexibility index (Phi) is 3.46. The summed E-state index contributed by atoms with van der Waals surface area (Å²) in [6.45, 7) is 1.84. The molecule has 94 valence electrons. The molecule has 0 aliphatic heterocycles. The molecule has 2 rings (SSSR count). The summed E-state index contributed by atoms with van der Waals surface area (Å²) < 4.78 is 19.7. The molecule has 17 heavy (non-hydrogen) atoms. The van der Waals surface area contributed by atoms with Crippen LogP contribution in [0.4, 0.5) is 4.39 Å². The first-order valence-corrected chi connectivity index (χ1v) is 6.61. The number of nitrogens with two attached hydrogens (primary N) is 1. The minimum atomic E-state index is -0.461. The number of halogens is 2. The van der Waals surface area contributed by atoms with Crippen molar-refractivity contribution in [2.45, 2.75) is 38.1 Å². The molecule has 1 aromatic carbocycles. The van der Waals surface area contributed by atoms with Gasteiger partial charge in [-0.3, -0.25) is 0 Å². The molecule has 0 amide bonds. The van der Waals surface area contributed by atoms with Crippen LogP contribution in [0.3, 0.4) is 0 Å². The Morgan fingerprint density at radius 2 is 2.00 bits per heavy atom. The molecule has 0 heterocycles. The Balaban J connectivity index is 2.65. The van der Waals surface area contributed by atoms with Crippen LogP contribution in [0.2, 0.25) is 0 Å². The molecule has 2 nitrogen and oxygen atoms in total. The number of aryl methyl sites for hydroxylation is 1. The predicted molar refractivity (Wildman–Crippen MR) is 69.7 cm³/mol. The second-order valence-corrected chi connectivity index (χ2v) is 5.55. The number of hydrogen-bond donors (Lipinski definition) is 1. The van der Waals surface area contributed by atoms with E-state index < -0.39 is 5.54 Å². The van der Waals surface area contributed by atoms with Crippen LogP contribution in [0.1, 0.15) is 36.8 Å². The maximum atomic E-state index is 13.8. The van der Waals surface area contributed by atoms with Gasteiger partial charge < -0.3 is 10.5 Å². The third-order valence-electron chi connectivity index (χ3n) is 3.56. The van der Waals surface area contributed by atoms with Crippen LogP contribution < -0.4 is 10.5 Å². The highest BCUT2D eigenvalue weighted by Crippen LogP contribution is 2.46. The van der Waals surface area contributed by atoms with Crippen molar-refractivity contribution in [3.05, 3.63) is 27.5 Å². The van der Waals surface area contributed by atoms with Crippen molar-refractivity contribution in [2.24, 2.45) is 5.73 Å². The van der Waals surface area contributed by atoms with E-state index in [-0.39, 0.29) is 5.82 Å². The number of benzene rings is 1. The minimum absolute atomic E-state index is 0.268. The van der Waals surface area contributed by atoms with E-state index in [2.05, 4.69) is 15.9 Å². The zero-order valence-electron chi connectivity index (χ0n) is 10.1. The second kappa shape index (κ2) is 4.58. The molecule has 0 atom stereocenters. The zero-order valence-corrected chi connectivity index (χ0v) is 11.7. The monoisotopic (exact) mass is 301 g/mol. The first-order valence-electron chi connectivity index (χ1n) is 5.81. The molecule has 0 saturated heterocycles. The Bertz CT molecular complexity index is 442. The molecule has 2 N–H and O–H groups in total. The van der Waals surface area contributed by atoms with Crippen LogP contribution in [-0.2, 0) is 5.54 Å². The van der Waals surface area contributed by atoms with Crippen molar-refractivity contribution in [2.75, 3.05) is 7.11 Å². The first kappa shape index (κ1) is 12.8. The van der Waals surface area contributed by atoms with Crippen LogP contribution in [0.25, 0.3) is 0 Å². The molecular weight excluding hydrogens is 285 g/mol. The molecule has 0 radical (unpaired) electrons. The van der Waals surface area contributed by atoms with Crippen molar-refractivity contribution >= 4 is 15.9 Å². The largest absolute Gasteiger partial charge is 0.496 e. The van der Waals surface area contributed by atoms with E-state index in [0.717, 1.165) is 36.8 Å². The first-order chi connectivity index (χ1) is 7.99. The summed E-state index contributed by atoms with van der Waals surface area (Å²) in [5.74, 6) is 0.442. The normalized spacial score (nSPS) is 18.4. The van der Waals surface area contributed by atoms with Gasteiger partial charge in [-0.05, 0) is 47.3 Å². The summed E-state index contributed by atoms with van der Waals surface area (Å²) in [7, 11) is 1.61. The zero-order chi connectivity index (χ0) is 12.6. The standard InChI is InChI=1S/C13H17BrFNO/c1-8-7-9(15)11(14)10(12(8)17-2)13(16)5-3-4-6-13/h7H,3-6,16H2,1-2H3. The molecule has 1 aromatic rings. The van der Waals surface area contributed by atoms with E-state index in [9.17, 15) is 4.39 Å². The number of hydrogen-bond acceptors (Lipinski definition) is 2. The van der Waals surface area contributed by atoms with Crippen LogP contribution in [0, 0.1) is 12.7 Å². The van der Waals surface area contributed by atoms with Crippen molar-refractivity contribution < 1.29 is 9.13 Å². The van der Waals surface area contributed by atoms with Gasteiger partial charge in [-0.15, -0.1) is 0 Å². The number of ether oxygens (including phenoxy) is 1. The molecule has 1 fully saturated rings. The molecule has 0 unspecified atom stereocenters. The van der Waals surface area contributed by atoms with Crippen molar-refractivity contribution in [1.29, 1.82) is 0 Å². The van der Waals surface area contributed by atoms with Gasteiger partial charge >= 0.3 is 0 Å². The van der Waals surface area contributed by atoms with E-state index in [1.807, 2.05) is 6.92 Å². The lowest BCUT2D eigenvalue weighted by Gasteiger charge is -2.28. The average Bonchev–Trinajstić information content (AvgIpc) is 2.71. The van der Waals surface area contributed by atoms with E-state index in [0.29, 0.717) is 10.2 Å². The number of methoxy groups -OCH3 is 1. The molecule has 4 heteroatoms. The van der Waals surface area contributed by atoms with Gasteiger partial charge in [-0.1, -0.05) is 12.8 Å². The van der Waals surface area contributed by atoms with E-state index in [4.69, 9.17) is 10.5 Å². The fourth-order valence-electron chi connectivity index (χ4n) is 2.70. The van der Waals surface area contributed by atoms with Crippen LogP contribution >= 0.6 is 15.9 Å². The highest BCUT2D eigenvalue weighted by molar-refractivity contribution is 9.10. The quantitative estimate of drug-likeness (QED) is 0.905. The lowest BCUT2D eigenvalue weighted by molar-refractivity contribution is 0.372. The Morgan fingerprint density at radius 3 is 2.53 bits per heavy atom. The smallest absolute Gasteiger partial charge is 0.138 e. The molecule has 0 bridgehead atoms. The van der Waals surface area contributed by atoms with Gasteiger partial charge in [0.15, 0.2) is 0 Å². The summed E-state index contributed by atoms with van der Waals surface area (Å²) in [6.07, 6.45) is 3.93. The third kappa shape index (κ3) is 2.08. The molecular formula is C13H17BrFNO. The summed E-state index contributed by atoms with van der Waals surface area (Å²) in [5, 5.41) is 0. The summed E-state index contributed by atoms with van der Waals surface area (Å²) >= 11 is 3.32. The fourth-order valence-corrected chi connectivity index (χ4v) is 3.39. The van der Waals surface area contributed by atoms with E-state index >= 15 is 0 Å². The van der Waals surface area contributed by atoms with Crippen LogP contribution in [0.5, 0.6) is 5.75 Å². The molecule has 1 aliphatic rings. The Morgan fingerprint density at radius 1 is 1.41 bits per heavy atom. The van der Waals surface area contributed by atoms with Crippen molar-refractivity contribution in [3.63, 3.8) is 0 Å². The van der Waals surface area contributed by atoms with Crippen molar-refractivity contribution in [1.82, 2.24) is 0 Å². The highest BCUT2D eigenvalue weighted by atomic mass is 79.9. The summed E-state index contributed by atoms with van der Waals surface area (Å²) in [6, 6.07) is 1.48. The molecule has 0 aromatic heterocycles. The lowest BCUT2D eigenvalue weighted by atomic mass is 9.87. The van der Waals surface area contributed by atoms with Gasteiger partial charge in [-0.2, -0.15) is 0 Å². The van der Waals surface area contributed by atoms with Crippen LogP contribution in [0.15, 0.2) is 10.5 Å². The van der Waals surface area contributed by atoms with Gasteiger partial charge in [0.2, 0.25) is 0 Å². The van der Waals surface area contributed by atoms with Gasteiger partial charge in [0.1, 0.15) is 11.6 Å². The molecule has 0 spiro atoms. The fraction of sp³-hybridized carbons (Fsp3) is 0.538. The Hall–Kier alpha value is -0.610. The van der Waals surface area contributed by atoms with E-state index in [1.165, 1.54) is 6.07 Å². The van der Waals surface area contributed by atoms with Gasteiger partial charge in [0.25, 0.3) is 0 Å². The van der Waals surface area contributed by atoms with Gasteiger partial charge in [0.05, 0.1) is 11.6 Å². The second-order valence-electron chi connectivity index (χ2n) is 4.76. The van der Waals surface area contributed by atoms with Crippen LogP contribution in [-0.4, -0.2) is 7.11 Å². The summed E-state index contributed by atoms with van der Waals surface area (Å²) in [4.78, 5) is 0. The molecule has 1 aliphatic carbocycles.